The number of carbonyl (C=O) groups is 1. The standard InChI is InChI=1S/C27H43F2N3O3/c1-8-20(9-2)15-22(27(4,28)29)14-19(3)30-23-10-12-32(13-11-23)18-24(33)21-16-25(34-6)26(35-7)31(5)17-21/h14-16,20,23,30H,8-13,17-18H2,1-7H3/b19-14+,22-15+. The van der Waals surface area contributed by atoms with Gasteiger partial charge in [-0.15, -0.1) is 0 Å². The number of alkyl halides is 2. The van der Waals surface area contributed by atoms with Gasteiger partial charge in [0.15, 0.2) is 11.5 Å². The number of halogens is 2. The predicted octanol–water partition coefficient (Wildman–Crippen LogP) is 4.86. The number of ketones is 1. The van der Waals surface area contributed by atoms with Crippen LogP contribution in [0.2, 0.25) is 0 Å². The van der Waals surface area contributed by atoms with Gasteiger partial charge < -0.3 is 19.7 Å². The normalized spacial score (nSPS) is 19.3. The van der Waals surface area contributed by atoms with Crippen LogP contribution in [0.1, 0.15) is 53.4 Å². The molecular weight excluding hydrogens is 452 g/mol. The molecule has 0 aromatic carbocycles. The number of Topliss-reactive ketones (excluding diaryl/α,β-unsaturated/α-hetero) is 1. The lowest BCUT2D eigenvalue weighted by molar-refractivity contribution is -0.117. The zero-order valence-corrected chi connectivity index (χ0v) is 22.4. The minimum atomic E-state index is -2.88. The summed E-state index contributed by atoms with van der Waals surface area (Å²) in [7, 11) is 5.01. The van der Waals surface area contributed by atoms with Crippen LogP contribution in [-0.4, -0.2) is 75.0 Å². The van der Waals surface area contributed by atoms with Crippen molar-refractivity contribution in [2.75, 3.05) is 47.4 Å². The number of rotatable bonds is 12. The van der Waals surface area contributed by atoms with E-state index in [1.807, 2.05) is 32.7 Å². The van der Waals surface area contributed by atoms with Gasteiger partial charge in [0.05, 0.1) is 20.8 Å². The Morgan fingerprint density at radius 3 is 2.37 bits per heavy atom. The molecule has 0 aliphatic carbocycles. The number of carbonyl (C=O) groups excluding carboxylic acids is 1. The summed E-state index contributed by atoms with van der Waals surface area (Å²) in [5.74, 6) is -1.50. The molecule has 2 heterocycles. The Balaban J connectivity index is 1.94. The first-order valence-electron chi connectivity index (χ1n) is 12.6. The van der Waals surface area contributed by atoms with Crippen molar-refractivity contribution < 1.29 is 23.0 Å². The van der Waals surface area contributed by atoms with Crippen molar-refractivity contribution in [2.45, 2.75) is 65.3 Å². The monoisotopic (exact) mass is 495 g/mol. The molecule has 8 heteroatoms. The summed E-state index contributed by atoms with van der Waals surface area (Å²) in [6.07, 6.45) is 8.46. The van der Waals surface area contributed by atoms with E-state index in [2.05, 4.69) is 10.2 Å². The molecule has 0 amide bonds. The highest BCUT2D eigenvalue weighted by atomic mass is 19.3. The number of nitrogens with one attached hydrogen (secondary N) is 1. The second-order valence-corrected chi connectivity index (χ2v) is 9.64. The largest absolute Gasteiger partial charge is 0.491 e. The van der Waals surface area contributed by atoms with Crippen LogP contribution in [-0.2, 0) is 14.3 Å². The van der Waals surface area contributed by atoms with Crippen molar-refractivity contribution in [1.29, 1.82) is 0 Å². The third-order valence-electron chi connectivity index (χ3n) is 6.77. The minimum absolute atomic E-state index is 0.0744. The molecule has 2 rings (SSSR count). The third-order valence-corrected chi connectivity index (χ3v) is 6.77. The number of allylic oxidation sites excluding steroid dienone is 5. The molecule has 35 heavy (non-hydrogen) atoms. The van der Waals surface area contributed by atoms with Crippen LogP contribution < -0.4 is 5.32 Å². The van der Waals surface area contributed by atoms with Gasteiger partial charge in [-0.25, -0.2) is 8.78 Å². The second-order valence-electron chi connectivity index (χ2n) is 9.64. The molecule has 0 aromatic rings. The highest BCUT2D eigenvalue weighted by Crippen LogP contribution is 2.28. The first kappa shape index (κ1) is 28.9. The predicted molar refractivity (Wildman–Crippen MR) is 136 cm³/mol. The van der Waals surface area contributed by atoms with E-state index in [0.29, 0.717) is 30.3 Å². The van der Waals surface area contributed by atoms with E-state index in [9.17, 15) is 13.6 Å². The summed E-state index contributed by atoms with van der Waals surface area (Å²) in [6, 6.07) is 0.199. The smallest absolute Gasteiger partial charge is 0.270 e. The van der Waals surface area contributed by atoms with Gasteiger partial charge in [0, 0.05) is 56.5 Å². The third kappa shape index (κ3) is 8.37. The Hall–Kier alpha value is -2.35. The maximum atomic E-state index is 14.2. The SMILES string of the molecule is CCC(/C=C(\C=C(/C)NC1CCN(CC(=O)C2=CC(OC)=C(OC)N(C)C2)CC1)C(C)(F)F)CC. The van der Waals surface area contributed by atoms with E-state index in [1.165, 1.54) is 0 Å². The number of ether oxygens (including phenoxy) is 2. The summed E-state index contributed by atoms with van der Waals surface area (Å²) in [4.78, 5) is 16.9. The lowest BCUT2D eigenvalue weighted by atomic mass is 9.96. The van der Waals surface area contributed by atoms with Crippen LogP contribution in [0.4, 0.5) is 8.78 Å². The summed E-state index contributed by atoms with van der Waals surface area (Å²) < 4.78 is 39.1. The van der Waals surface area contributed by atoms with Gasteiger partial charge >= 0.3 is 0 Å². The van der Waals surface area contributed by atoms with Gasteiger partial charge in [-0.1, -0.05) is 19.9 Å². The van der Waals surface area contributed by atoms with Crippen molar-refractivity contribution in [3.8, 4) is 0 Å². The maximum absolute atomic E-state index is 14.2. The van der Waals surface area contributed by atoms with Gasteiger partial charge in [-0.3, -0.25) is 9.69 Å². The average Bonchev–Trinajstić information content (AvgIpc) is 2.81. The van der Waals surface area contributed by atoms with Crippen LogP contribution >= 0.6 is 0 Å². The van der Waals surface area contributed by atoms with Gasteiger partial charge in [0.1, 0.15) is 0 Å². The van der Waals surface area contributed by atoms with Gasteiger partial charge in [0.2, 0.25) is 5.88 Å². The Bertz CT molecular complexity index is 846. The summed E-state index contributed by atoms with van der Waals surface area (Å²) in [6.45, 7) is 9.24. The number of likely N-dealkylation sites (N-methyl/N-ethyl adjacent to an activating group) is 1. The van der Waals surface area contributed by atoms with E-state index in [0.717, 1.165) is 51.4 Å². The van der Waals surface area contributed by atoms with Crippen LogP contribution in [0.25, 0.3) is 0 Å². The fourth-order valence-corrected chi connectivity index (χ4v) is 4.59. The van der Waals surface area contributed by atoms with Crippen LogP contribution in [0.5, 0.6) is 0 Å². The van der Waals surface area contributed by atoms with Gasteiger partial charge in [0.25, 0.3) is 5.92 Å². The number of likely N-dealkylation sites (tertiary alicyclic amines) is 1. The van der Waals surface area contributed by atoms with Crippen LogP contribution in [0.3, 0.4) is 0 Å². The highest BCUT2D eigenvalue weighted by Gasteiger charge is 2.28. The molecule has 0 aromatic heterocycles. The first-order valence-corrected chi connectivity index (χ1v) is 12.6. The Kier molecular flexibility index (Phi) is 10.8. The molecule has 0 bridgehead atoms. The molecule has 0 spiro atoms. The molecule has 2 aliphatic heterocycles. The Morgan fingerprint density at radius 1 is 1.23 bits per heavy atom. The number of hydrogen-bond acceptors (Lipinski definition) is 6. The van der Waals surface area contributed by atoms with Crippen molar-refractivity contribution in [1.82, 2.24) is 15.1 Å². The van der Waals surface area contributed by atoms with E-state index >= 15 is 0 Å². The number of piperidine rings is 1. The minimum Gasteiger partial charge on any atom is -0.491 e. The van der Waals surface area contributed by atoms with E-state index in [1.54, 1.807) is 32.4 Å². The summed E-state index contributed by atoms with van der Waals surface area (Å²) >= 11 is 0. The zero-order chi connectivity index (χ0) is 26.2. The molecule has 1 fully saturated rings. The van der Waals surface area contributed by atoms with Crippen molar-refractivity contribution in [3.05, 3.63) is 46.7 Å². The summed E-state index contributed by atoms with van der Waals surface area (Å²) in [5.41, 5.74) is 1.52. The molecule has 6 nitrogen and oxygen atoms in total. The van der Waals surface area contributed by atoms with Crippen molar-refractivity contribution in [3.63, 3.8) is 0 Å². The molecule has 0 atom stereocenters. The van der Waals surface area contributed by atoms with E-state index in [4.69, 9.17) is 9.47 Å². The molecule has 2 aliphatic rings. The summed E-state index contributed by atoms with van der Waals surface area (Å²) in [5, 5.41) is 3.42. The molecule has 1 N–H and O–H groups in total. The molecular formula is C27H43F2N3O3. The number of methoxy groups -OCH3 is 2. The molecule has 0 unspecified atom stereocenters. The second kappa shape index (κ2) is 13.1. The van der Waals surface area contributed by atoms with Crippen molar-refractivity contribution >= 4 is 5.78 Å². The van der Waals surface area contributed by atoms with Crippen molar-refractivity contribution in [2.24, 2.45) is 5.92 Å². The fraction of sp³-hybridized carbons (Fsp3) is 0.667. The lowest BCUT2D eigenvalue weighted by Crippen LogP contribution is -2.44. The van der Waals surface area contributed by atoms with E-state index in [-0.39, 0.29) is 23.3 Å². The maximum Gasteiger partial charge on any atom is 0.270 e. The first-order chi connectivity index (χ1) is 16.5. The molecule has 198 valence electrons. The Labute approximate surface area is 209 Å². The molecule has 0 saturated carbocycles. The Morgan fingerprint density at radius 2 is 1.86 bits per heavy atom. The van der Waals surface area contributed by atoms with Gasteiger partial charge in [-0.2, -0.15) is 0 Å². The van der Waals surface area contributed by atoms with E-state index < -0.39 is 5.92 Å². The average molecular weight is 496 g/mol. The van der Waals surface area contributed by atoms with Crippen LogP contribution in [0.15, 0.2) is 46.7 Å². The molecule has 1 saturated heterocycles. The van der Waals surface area contributed by atoms with Gasteiger partial charge in [-0.05, 0) is 50.7 Å². The zero-order valence-electron chi connectivity index (χ0n) is 22.4. The number of hydrogen-bond donors (Lipinski definition) is 1. The lowest BCUT2D eigenvalue weighted by Gasteiger charge is -2.33. The molecule has 0 radical (unpaired) electrons. The van der Waals surface area contributed by atoms with Crippen LogP contribution in [0, 0.1) is 5.92 Å². The quantitative estimate of drug-likeness (QED) is 0.390. The number of nitrogens with zero attached hydrogens (tertiary/aromatic N) is 2. The fourth-order valence-electron chi connectivity index (χ4n) is 4.59. The highest BCUT2D eigenvalue weighted by molar-refractivity contribution is 5.98. The topological polar surface area (TPSA) is 54.0 Å².